The highest BCUT2D eigenvalue weighted by Gasteiger charge is 2.20. The molecular formula is C29H20ClFN4O2S. The molecule has 0 fully saturated rings. The smallest absolute Gasteiger partial charge is 0.307 e. The minimum atomic E-state index is -0.896. The van der Waals surface area contributed by atoms with E-state index in [-0.39, 0.29) is 6.42 Å². The lowest BCUT2D eigenvalue weighted by atomic mass is 9.93. The maximum Gasteiger partial charge on any atom is 0.307 e. The second-order valence-electron chi connectivity index (χ2n) is 9.10. The second kappa shape index (κ2) is 9.31. The number of aromatic nitrogens is 4. The molecule has 0 atom stereocenters. The molecule has 0 amide bonds. The van der Waals surface area contributed by atoms with Crippen LogP contribution >= 0.6 is 22.9 Å². The van der Waals surface area contributed by atoms with E-state index in [0.717, 1.165) is 48.6 Å². The van der Waals surface area contributed by atoms with Gasteiger partial charge in [-0.25, -0.2) is 14.4 Å². The van der Waals surface area contributed by atoms with Gasteiger partial charge in [-0.1, -0.05) is 23.7 Å². The molecule has 38 heavy (non-hydrogen) atoms. The number of fused-ring (bicyclic) bond motifs is 2. The Balaban J connectivity index is 1.53. The third-order valence-electron chi connectivity index (χ3n) is 6.54. The number of pyridine rings is 2. The van der Waals surface area contributed by atoms with E-state index in [1.807, 2.05) is 55.1 Å². The molecule has 188 valence electrons. The number of hydrogen-bond donors (Lipinski definition) is 1. The Labute approximate surface area is 226 Å². The van der Waals surface area contributed by atoms with Crippen LogP contribution in [0, 0.1) is 12.7 Å². The summed E-state index contributed by atoms with van der Waals surface area (Å²) in [5.41, 5.74) is 7.13. The highest BCUT2D eigenvalue weighted by Crippen LogP contribution is 2.41. The number of aryl methyl sites for hydroxylation is 2. The van der Waals surface area contributed by atoms with Crippen molar-refractivity contribution in [3.05, 3.63) is 89.1 Å². The molecule has 0 unspecified atom stereocenters. The number of carbonyl (C=O) groups is 1. The van der Waals surface area contributed by atoms with Gasteiger partial charge in [0.2, 0.25) is 0 Å². The van der Waals surface area contributed by atoms with Gasteiger partial charge >= 0.3 is 5.97 Å². The van der Waals surface area contributed by atoms with E-state index in [9.17, 15) is 14.3 Å². The monoisotopic (exact) mass is 542 g/mol. The zero-order chi connectivity index (χ0) is 26.6. The van der Waals surface area contributed by atoms with Crippen molar-refractivity contribution >= 4 is 50.2 Å². The third kappa shape index (κ3) is 4.21. The molecule has 0 aliphatic heterocycles. The Morgan fingerprint density at radius 1 is 1.11 bits per heavy atom. The predicted octanol–water partition coefficient (Wildman–Crippen LogP) is 7.31. The van der Waals surface area contributed by atoms with Crippen molar-refractivity contribution in [2.24, 2.45) is 7.05 Å². The average molecular weight is 543 g/mol. The van der Waals surface area contributed by atoms with Gasteiger partial charge in [-0.2, -0.15) is 0 Å². The molecule has 6 aromatic rings. The first-order valence-corrected chi connectivity index (χ1v) is 13.0. The molecule has 0 radical (unpaired) electrons. The summed E-state index contributed by atoms with van der Waals surface area (Å²) < 4.78 is 16.8. The lowest BCUT2D eigenvalue weighted by Gasteiger charge is -2.13. The van der Waals surface area contributed by atoms with Crippen LogP contribution in [0.3, 0.4) is 0 Å². The van der Waals surface area contributed by atoms with Crippen molar-refractivity contribution in [1.82, 2.24) is 19.5 Å². The minimum absolute atomic E-state index is 0.0992. The first kappa shape index (κ1) is 24.2. The van der Waals surface area contributed by atoms with Gasteiger partial charge in [0.1, 0.15) is 16.5 Å². The third-order valence-corrected chi connectivity index (χ3v) is 7.93. The molecule has 6 nitrogen and oxygen atoms in total. The van der Waals surface area contributed by atoms with Crippen LogP contribution in [0.4, 0.5) is 4.39 Å². The fourth-order valence-corrected chi connectivity index (χ4v) is 6.07. The summed E-state index contributed by atoms with van der Waals surface area (Å²) in [5.74, 6) is -1.30. The van der Waals surface area contributed by atoms with Crippen LogP contribution in [0.1, 0.15) is 11.1 Å². The van der Waals surface area contributed by atoms with Crippen LogP contribution in [0.5, 0.6) is 0 Å². The van der Waals surface area contributed by atoms with E-state index in [1.165, 1.54) is 23.6 Å². The van der Waals surface area contributed by atoms with Crippen molar-refractivity contribution in [3.63, 3.8) is 0 Å². The molecule has 0 aliphatic rings. The number of carboxylic acids is 1. The maximum absolute atomic E-state index is 14.0. The quantitative estimate of drug-likeness (QED) is 0.247. The highest BCUT2D eigenvalue weighted by atomic mass is 35.5. The van der Waals surface area contributed by atoms with Crippen molar-refractivity contribution in [1.29, 1.82) is 0 Å². The normalized spacial score (nSPS) is 11.5. The largest absolute Gasteiger partial charge is 0.481 e. The molecule has 0 spiro atoms. The Kier molecular flexibility index (Phi) is 5.93. The van der Waals surface area contributed by atoms with Gasteiger partial charge in [0, 0.05) is 46.5 Å². The number of rotatable bonds is 5. The van der Waals surface area contributed by atoms with Crippen molar-refractivity contribution in [2.45, 2.75) is 13.3 Å². The summed E-state index contributed by atoms with van der Waals surface area (Å²) in [7, 11) is 1.86. The number of thiazole rings is 1. The number of benzene rings is 2. The van der Waals surface area contributed by atoms with Crippen LogP contribution in [0.15, 0.2) is 67.1 Å². The Morgan fingerprint density at radius 3 is 2.66 bits per heavy atom. The molecular weight excluding hydrogens is 523 g/mol. The molecule has 9 heteroatoms. The summed E-state index contributed by atoms with van der Waals surface area (Å²) >= 11 is 7.63. The zero-order valence-corrected chi connectivity index (χ0v) is 21.9. The molecule has 4 aromatic heterocycles. The topological polar surface area (TPSA) is 80.9 Å². The lowest BCUT2D eigenvalue weighted by Crippen LogP contribution is -2.04. The van der Waals surface area contributed by atoms with E-state index >= 15 is 0 Å². The first-order valence-electron chi connectivity index (χ1n) is 11.8. The Bertz CT molecular complexity index is 1880. The summed E-state index contributed by atoms with van der Waals surface area (Å²) in [6.45, 7) is 1.91. The summed E-state index contributed by atoms with van der Waals surface area (Å²) in [6, 6.07) is 14.6. The van der Waals surface area contributed by atoms with E-state index in [0.29, 0.717) is 21.7 Å². The number of halogens is 2. The van der Waals surface area contributed by atoms with E-state index in [2.05, 4.69) is 9.97 Å². The lowest BCUT2D eigenvalue weighted by molar-refractivity contribution is -0.136. The van der Waals surface area contributed by atoms with E-state index in [1.54, 1.807) is 18.3 Å². The van der Waals surface area contributed by atoms with Crippen LogP contribution in [0.2, 0.25) is 5.02 Å². The second-order valence-corrected chi connectivity index (χ2v) is 10.5. The van der Waals surface area contributed by atoms with E-state index in [4.69, 9.17) is 16.6 Å². The van der Waals surface area contributed by atoms with Gasteiger partial charge in [-0.05, 0) is 60.0 Å². The van der Waals surface area contributed by atoms with Gasteiger partial charge < -0.3 is 9.67 Å². The van der Waals surface area contributed by atoms with Gasteiger partial charge in [0.25, 0.3) is 0 Å². The molecule has 0 saturated carbocycles. The van der Waals surface area contributed by atoms with Crippen molar-refractivity contribution in [2.75, 3.05) is 0 Å². The number of carboxylic acid groups (broad SMARTS) is 1. The van der Waals surface area contributed by atoms with Crippen molar-refractivity contribution in [3.8, 4) is 33.0 Å². The summed E-state index contributed by atoms with van der Waals surface area (Å²) in [4.78, 5) is 25.4. The SMILES string of the molecule is Cc1cc2nc(-c3ccnc(-c4cn(C)c5ncc(F)cc45)c3)sc2c(-c2ccc(Cl)cc2)c1CC(=O)O. The van der Waals surface area contributed by atoms with Crippen molar-refractivity contribution < 1.29 is 14.3 Å². The van der Waals surface area contributed by atoms with Gasteiger partial charge in [0.15, 0.2) is 0 Å². The van der Waals surface area contributed by atoms with Crippen LogP contribution in [-0.4, -0.2) is 30.6 Å². The molecule has 2 aromatic carbocycles. The van der Waals surface area contributed by atoms with Gasteiger partial charge in [0.05, 0.1) is 28.5 Å². The number of hydrogen-bond acceptors (Lipinski definition) is 5. The first-order chi connectivity index (χ1) is 18.3. The maximum atomic E-state index is 14.0. The van der Waals surface area contributed by atoms with Crippen LogP contribution < -0.4 is 0 Å². The average Bonchev–Trinajstić information content (AvgIpc) is 3.45. The molecule has 6 rings (SSSR count). The Morgan fingerprint density at radius 2 is 1.89 bits per heavy atom. The summed E-state index contributed by atoms with van der Waals surface area (Å²) in [6.07, 6.45) is 4.71. The van der Waals surface area contributed by atoms with Gasteiger partial charge in [-0.3, -0.25) is 9.78 Å². The van der Waals surface area contributed by atoms with Crippen LogP contribution in [0.25, 0.3) is 54.2 Å². The van der Waals surface area contributed by atoms with Gasteiger partial charge in [-0.15, -0.1) is 11.3 Å². The molecule has 4 heterocycles. The zero-order valence-electron chi connectivity index (χ0n) is 20.4. The fraction of sp³-hybridized carbons (Fsp3) is 0.103. The number of aliphatic carboxylic acids is 1. The Hall–Kier alpha value is -4.14. The fourth-order valence-electron chi connectivity index (χ4n) is 4.81. The predicted molar refractivity (Wildman–Crippen MR) is 149 cm³/mol. The standard InChI is InChI=1S/C29H20ClFN4O2S/c1-15-9-24-27(26(20(15)12-25(36)37)16-3-5-18(30)6-4-16)38-29(34-24)17-7-8-32-23(10-17)22-14-35(2)28-21(22)11-19(31)13-33-28/h3-11,13-14H,12H2,1-2H3,(H,36,37). The molecule has 1 N–H and O–H groups in total. The highest BCUT2D eigenvalue weighted by molar-refractivity contribution is 7.22. The summed E-state index contributed by atoms with van der Waals surface area (Å²) in [5, 5.41) is 11.7. The number of nitrogens with zero attached hydrogens (tertiary/aromatic N) is 4. The molecule has 0 bridgehead atoms. The molecule has 0 saturated heterocycles. The van der Waals surface area contributed by atoms with E-state index < -0.39 is 11.8 Å². The molecule has 0 aliphatic carbocycles. The van der Waals surface area contributed by atoms with Crippen LogP contribution in [-0.2, 0) is 18.3 Å². The minimum Gasteiger partial charge on any atom is -0.481 e.